The second kappa shape index (κ2) is 7.98. The van der Waals surface area contributed by atoms with Crippen LogP contribution >= 0.6 is 0 Å². The normalized spacial score (nSPS) is 12.6. The molecule has 1 aromatic carbocycles. The third kappa shape index (κ3) is 3.55. The van der Waals surface area contributed by atoms with Crippen LogP contribution in [0.3, 0.4) is 0 Å². The van der Waals surface area contributed by atoms with Crippen molar-refractivity contribution >= 4 is 16.7 Å². The van der Waals surface area contributed by atoms with Crippen molar-refractivity contribution in [3.63, 3.8) is 0 Å². The van der Waals surface area contributed by atoms with Gasteiger partial charge in [-0.05, 0) is 23.8 Å². The van der Waals surface area contributed by atoms with Crippen molar-refractivity contribution in [2.24, 2.45) is 0 Å². The largest absolute Gasteiger partial charge is 0.505 e. The van der Waals surface area contributed by atoms with Crippen LogP contribution in [0.1, 0.15) is 11.6 Å². The number of rotatable bonds is 6. The molecule has 1 atom stereocenters. The Kier molecular flexibility index (Phi) is 5.29. The Hall–Kier alpha value is -3.91. The zero-order valence-corrected chi connectivity index (χ0v) is 14.6. The van der Waals surface area contributed by atoms with E-state index in [0.717, 1.165) is 5.39 Å². The number of allylic oxidation sites excluding steroid dienone is 2. The topological polar surface area (TPSA) is 81.8 Å². The molecule has 0 aliphatic rings. The van der Waals surface area contributed by atoms with Gasteiger partial charge in [-0.25, -0.2) is 4.98 Å². The van der Waals surface area contributed by atoms with Gasteiger partial charge in [0.25, 0.3) is 0 Å². The lowest BCUT2D eigenvalue weighted by atomic mass is 9.92. The molecule has 5 nitrogen and oxygen atoms in total. The van der Waals surface area contributed by atoms with Gasteiger partial charge in [0.15, 0.2) is 0 Å². The van der Waals surface area contributed by atoms with E-state index in [-0.39, 0.29) is 5.75 Å². The van der Waals surface area contributed by atoms with E-state index >= 15 is 0 Å². The summed E-state index contributed by atoms with van der Waals surface area (Å²) >= 11 is 0. The molecule has 0 amide bonds. The van der Waals surface area contributed by atoms with Gasteiger partial charge in [0, 0.05) is 23.3 Å². The Morgan fingerprint density at radius 2 is 1.89 bits per heavy atom. The molecule has 0 aliphatic carbocycles. The van der Waals surface area contributed by atoms with E-state index in [0.29, 0.717) is 28.0 Å². The summed E-state index contributed by atoms with van der Waals surface area (Å²) in [6, 6.07) is 14.4. The molecule has 0 aliphatic heterocycles. The number of nitrogens with one attached hydrogen (secondary N) is 1. The van der Waals surface area contributed by atoms with Crippen LogP contribution in [0, 0.1) is 11.3 Å². The van der Waals surface area contributed by atoms with Crippen molar-refractivity contribution in [1.82, 2.24) is 9.97 Å². The zero-order chi connectivity index (χ0) is 19.2. The minimum Gasteiger partial charge on any atom is -0.505 e. The predicted molar refractivity (Wildman–Crippen MR) is 107 cm³/mol. The van der Waals surface area contributed by atoms with Gasteiger partial charge in [0.05, 0.1) is 17.7 Å². The summed E-state index contributed by atoms with van der Waals surface area (Å²) in [5, 5.41) is 24.5. The molecule has 2 heterocycles. The van der Waals surface area contributed by atoms with Gasteiger partial charge in [-0.2, -0.15) is 5.26 Å². The molecule has 5 heteroatoms. The van der Waals surface area contributed by atoms with Gasteiger partial charge in [-0.15, -0.1) is 0 Å². The summed E-state index contributed by atoms with van der Waals surface area (Å²) in [5.74, 6) is 0.644. The van der Waals surface area contributed by atoms with Crippen molar-refractivity contribution in [2.45, 2.75) is 6.04 Å². The van der Waals surface area contributed by atoms with Gasteiger partial charge < -0.3 is 10.4 Å². The number of benzene rings is 1. The number of fused-ring (bicyclic) bond motifs is 1. The number of phenolic OH excluding ortho intramolecular Hbond substituents is 1. The van der Waals surface area contributed by atoms with Crippen molar-refractivity contribution in [2.75, 3.05) is 5.32 Å². The van der Waals surface area contributed by atoms with Crippen LogP contribution in [0.25, 0.3) is 10.9 Å². The highest BCUT2D eigenvalue weighted by molar-refractivity contribution is 5.86. The molecule has 2 aromatic heterocycles. The quantitative estimate of drug-likeness (QED) is 0.496. The van der Waals surface area contributed by atoms with Gasteiger partial charge in [0.1, 0.15) is 17.1 Å². The summed E-state index contributed by atoms with van der Waals surface area (Å²) in [4.78, 5) is 8.57. The van der Waals surface area contributed by atoms with Crippen molar-refractivity contribution in [3.8, 4) is 11.8 Å². The van der Waals surface area contributed by atoms with Crippen LogP contribution < -0.4 is 5.32 Å². The second-order valence-corrected chi connectivity index (χ2v) is 5.76. The summed E-state index contributed by atoms with van der Waals surface area (Å²) in [6.45, 7) is 7.55. The van der Waals surface area contributed by atoms with E-state index in [1.807, 2.05) is 42.5 Å². The van der Waals surface area contributed by atoms with E-state index in [1.54, 1.807) is 18.5 Å². The molecule has 0 fully saturated rings. The van der Waals surface area contributed by atoms with Gasteiger partial charge in [-0.1, -0.05) is 49.6 Å². The lowest BCUT2D eigenvalue weighted by molar-refractivity contribution is 0.471. The number of hydrogen-bond acceptors (Lipinski definition) is 5. The molecule has 0 bridgehead atoms. The van der Waals surface area contributed by atoms with Gasteiger partial charge in [0.2, 0.25) is 0 Å². The smallest absolute Gasteiger partial charge is 0.147 e. The fourth-order valence-electron chi connectivity index (χ4n) is 2.91. The number of pyridine rings is 2. The highest BCUT2D eigenvalue weighted by Gasteiger charge is 2.22. The second-order valence-electron chi connectivity index (χ2n) is 5.76. The molecule has 1 unspecified atom stereocenters. The molecule has 2 N–H and O–H groups in total. The monoisotopic (exact) mass is 354 g/mol. The molecule has 0 spiro atoms. The van der Waals surface area contributed by atoms with Crippen molar-refractivity contribution < 1.29 is 5.11 Å². The van der Waals surface area contributed by atoms with Crippen LogP contribution in [0.2, 0.25) is 0 Å². The molecule has 27 heavy (non-hydrogen) atoms. The third-order valence-electron chi connectivity index (χ3n) is 4.21. The van der Waals surface area contributed by atoms with E-state index in [4.69, 9.17) is 0 Å². The fourth-order valence-corrected chi connectivity index (χ4v) is 2.91. The molecule has 132 valence electrons. The number of nitrogens with zero attached hydrogens (tertiary/aromatic N) is 3. The van der Waals surface area contributed by atoms with Crippen LogP contribution in [0.4, 0.5) is 5.82 Å². The van der Waals surface area contributed by atoms with Gasteiger partial charge >= 0.3 is 0 Å². The molecular formula is C22H18N4O. The van der Waals surface area contributed by atoms with Crippen LogP contribution in [-0.2, 0) is 0 Å². The first kappa shape index (κ1) is 17.9. The van der Waals surface area contributed by atoms with E-state index in [1.165, 1.54) is 6.08 Å². The third-order valence-corrected chi connectivity index (χ3v) is 4.21. The van der Waals surface area contributed by atoms with Crippen molar-refractivity contribution in [1.29, 1.82) is 5.26 Å². The number of nitriles is 1. The number of aromatic hydroxyl groups is 1. The maximum atomic E-state index is 10.9. The van der Waals surface area contributed by atoms with Crippen LogP contribution in [0.15, 0.2) is 91.3 Å². The van der Waals surface area contributed by atoms with E-state index in [2.05, 4.69) is 34.5 Å². The van der Waals surface area contributed by atoms with Gasteiger partial charge in [-0.3, -0.25) is 4.98 Å². The lowest BCUT2D eigenvalue weighted by Crippen LogP contribution is -2.15. The minimum absolute atomic E-state index is 0.0437. The zero-order valence-electron chi connectivity index (χ0n) is 14.6. The van der Waals surface area contributed by atoms with Crippen LogP contribution in [0.5, 0.6) is 5.75 Å². The number of hydrogen-bond donors (Lipinski definition) is 2. The lowest BCUT2D eigenvalue weighted by Gasteiger charge is -2.23. The Balaban J connectivity index is 2.22. The maximum Gasteiger partial charge on any atom is 0.147 e. The first-order valence-electron chi connectivity index (χ1n) is 8.33. The van der Waals surface area contributed by atoms with Crippen molar-refractivity contribution in [3.05, 3.63) is 96.9 Å². The average Bonchev–Trinajstić information content (AvgIpc) is 2.72. The Bertz CT molecular complexity index is 1060. The maximum absolute atomic E-state index is 10.9. The van der Waals surface area contributed by atoms with E-state index < -0.39 is 6.04 Å². The summed E-state index contributed by atoms with van der Waals surface area (Å²) in [7, 11) is 0. The number of aromatic nitrogens is 2. The van der Waals surface area contributed by atoms with E-state index in [9.17, 15) is 10.4 Å². The van der Waals surface area contributed by atoms with Crippen LogP contribution in [-0.4, -0.2) is 15.1 Å². The number of anilines is 1. The Morgan fingerprint density at radius 3 is 2.56 bits per heavy atom. The predicted octanol–water partition coefficient (Wildman–Crippen LogP) is 4.68. The first-order valence-corrected chi connectivity index (χ1v) is 8.33. The SMILES string of the molecule is C=C/C(C#N)=C(\C=C)C(Nc1ccccn1)c1ccc2cccnc2c1O. The summed E-state index contributed by atoms with van der Waals surface area (Å²) in [5.41, 5.74) is 2.00. The fraction of sp³-hybridized carbons (Fsp3) is 0.0455. The molecule has 0 saturated carbocycles. The number of phenols is 1. The molecule has 0 saturated heterocycles. The average molecular weight is 354 g/mol. The molecule has 3 rings (SSSR count). The molecule has 3 aromatic rings. The summed E-state index contributed by atoms with van der Waals surface area (Å²) < 4.78 is 0. The standard InChI is InChI=1S/C22H18N4O/c1-3-15(14-23)17(4-2)21(26-19-9-5-6-12-24-19)18-11-10-16-8-7-13-25-20(16)22(18)27/h3-13,21,27H,1-2H2,(H,24,26)/b17-15-. The first-order chi connectivity index (χ1) is 13.2. The summed E-state index contributed by atoms with van der Waals surface area (Å²) in [6.07, 6.45) is 6.35. The Morgan fingerprint density at radius 1 is 1.07 bits per heavy atom. The minimum atomic E-state index is -0.559. The highest BCUT2D eigenvalue weighted by atomic mass is 16.3. The molecular weight excluding hydrogens is 336 g/mol. The Labute approximate surface area is 157 Å². The molecule has 0 radical (unpaired) electrons. The highest BCUT2D eigenvalue weighted by Crippen LogP contribution is 2.37.